The average Bonchev–Trinajstić information content (AvgIpc) is 3.32. The molecule has 2 heterocycles. The van der Waals surface area contributed by atoms with Gasteiger partial charge in [0.05, 0.1) is 13.7 Å². The maximum absolute atomic E-state index is 13.8. The first-order valence-electron chi connectivity index (χ1n) is 13.7. The van der Waals surface area contributed by atoms with Gasteiger partial charge in [0.25, 0.3) is 0 Å². The molecular weight excluding hydrogens is 528 g/mol. The van der Waals surface area contributed by atoms with E-state index in [4.69, 9.17) is 19.9 Å². The number of hydrogen-bond acceptors (Lipinski definition) is 8. The third kappa shape index (κ3) is 8.92. The molecule has 0 aliphatic carbocycles. The van der Waals surface area contributed by atoms with Gasteiger partial charge in [-0.2, -0.15) is 0 Å². The van der Waals surface area contributed by atoms with Crippen molar-refractivity contribution in [2.45, 2.75) is 77.7 Å². The summed E-state index contributed by atoms with van der Waals surface area (Å²) in [6.45, 7) is 9.03. The van der Waals surface area contributed by atoms with E-state index < -0.39 is 41.7 Å². The van der Waals surface area contributed by atoms with Gasteiger partial charge in [-0.25, -0.2) is 9.78 Å². The van der Waals surface area contributed by atoms with Gasteiger partial charge in [-0.05, 0) is 68.8 Å². The van der Waals surface area contributed by atoms with Crippen LogP contribution in [0, 0.1) is 5.92 Å². The highest BCUT2D eigenvalue weighted by Gasteiger charge is 2.42. The van der Waals surface area contributed by atoms with Crippen LogP contribution in [0.3, 0.4) is 0 Å². The van der Waals surface area contributed by atoms with Crippen molar-refractivity contribution in [3.05, 3.63) is 42.6 Å². The molecule has 1 aliphatic rings. The van der Waals surface area contributed by atoms with Crippen LogP contribution in [-0.4, -0.2) is 71.0 Å². The van der Waals surface area contributed by atoms with Crippen molar-refractivity contribution >= 4 is 34.5 Å². The molecule has 2 aromatic rings. The molecule has 3 N–H and O–H groups in total. The van der Waals surface area contributed by atoms with Crippen molar-refractivity contribution in [3.63, 3.8) is 0 Å². The molecule has 1 aliphatic heterocycles. The predicted octanol–water partition coefficient (Wildman–Crippen LogP) is 3.53. The molecule has 1 aromatic heterocycles. The molecule has 11 heteroatoms. The number of fused-ring (bicyclic) bond motifs is 1. The van der Waals surface area contributed by atoms with Crippen LogP contribution in [0.15, 0.2) is 42.6 Å². The molecule has 3 amide bonds. The minimum Gasteiger partial charge on any atom is -0.497 e. The van der Waals surface area contributed by atoms with Crippen molar-refractivity contribution in [3.8, 4) is 11.6 Å². The van der Waals surface area contributed by atoms with E-state index in [2.05, 4.69) is 10.3 Å². The highest BCUT2D eigenvalue weighted by molar-refractivity contribution is 5.93. The highest BCUT2D eigenvalue weighted by Crippen LogP contribution is 2.30. The van der Waals surface area contributed by atoms with Gasteiger partial charge in [0, 0.05) is 24.4 Å². The second kappa shape index (κ2) is 13.5. The molecule has 1 fully saturated rings. The van der Waals surface area contributed by atoms with Crippen LogP contribution in [0.1, 0.15) is 53.9 Å². The molecule has 222 valence electrons. The maximum Gasteiger partial charge on any atom is 0.408 e. The number of nitrogens with two attached hydrogens (primary N) is 1. The van der Waals surface area contributed by atoms with Crippen molar-refractivity contribution in [1.82, 2.24) is 15.2 Å². The Morgan fingerprint density at radius 3 is 2.56 bits per heavy atom. The number of primary amides is 1. The largest absolute Gasteiger partial charge is 0.497 e. The molecule has 0 spiro atoms. The Kier molecular flexibility index (Phi) is 10.3. The van der Waals surface area contributed by atoms with Gasteiger partial charge in [-0.1, -0.05) is 19.9 Å². The number of hydrogen-bond donors (Lipinski definition) is 2. The standard InChI is InChI=1S/C30H40N4O7/c1-18(2)7-8-20(35)9-12-24(33-29(38)41-30(3,4)5)28(37)34-17-22(16-25(34)26(31)36)40-27-23-11-10-21(39-6)15-19(23)13-14-32-27/h7-8,10-11,13-15,18,22,24-25H,9,12,16-17H2,1-6H3,(H2,31,36)(H,33,38)/b8-7+/t22-,24+,25+/m1/s1. The fourth-order valence-electron chi connectivity index (χ4n) is 4.48. The third-order valence-corrected chi connectivity index (χ3v) is 6.42. The first-order valence-corrected chi connectivity index (χ1v) is 13.7. The van der Waals surface area contributed by atoms with Crippen molar-refractivity contribution in [2.75, 3.05) is 13.7 Å². The summed E-state index contributed by atoms with van der Waals surface area (Å²) in [4.78, 5) is 56.8. The van der Waals surface area contributed by atoms with Crippen molar-refractivity contribution in [1.29, 1.82) is 0 Å². The zero-order valence-corrected chi connectivity index (χ0v) is 24.5. The molecular formula is C30H40N4O7. The molecule has 0 saturated carbocycles. The minimum atomic E-state index is -1.12. The second-order valence-corrected chi connectivity index (χ2v) is 11.4. The summed E-state index contributed by atoms with van der Waals surface area (Å²) < 4.78 is 16.8. The summed E-state index contributed by atoms with van der Waals surface area (Å²) in [6.07, 6.45) is 3.61. The van der Waals surface area contributed by atoms with Crippen LogP contribution in [0.4, 0.5) is 4.79 Å². The molecule has 41 heavy (non-hydrogen) atoms. The number of ketones is 1. The van der Waals surface area contributed by atoms with Gasteiger partial charge in [-0.15, -0.1) is 0 Å². The molecule has 0 unspecified atom stereocenters. The Labute approximate surface area is 240 Å². The van der Waals surface area contributed by atoms with Crippen LogP contribution in [-0.2, 0) is 19.1 Å². The molecule has 0 bridgehead atoms. The number of methoxy groups -OCH3 is 1. The lowest BCUT2D eigenvalue weighted by Crippen LogP contribution is -2.53. The lowest BCUT2D eigenvalue weighted by atomic mass is 10.1. The Morgan fingerprint density at radius 2 is 1.93 bits per heavy atom. The number of likely N-dealkylation sites (tertiary alicyclic amines) is 1. The molecule has 3 rings (SSSR count). The van der Waals surface area contributed by atoms with E-state index in [-0.39, 0.29) is 37.5 Å². The van der Waals surface area contributed by atoms with Crippen LogP contribution in [0.25, 0.3) is 10.8 Å². The quantitative estimate of drug-likeness (QED) is 0.391. The molecule has 1 saturated heterocycles. The van der Waals surface area contributed by atoms with Crippen LogP contribution in [0.2, 0.25) is 0 Å². The average molecular weight is 569 g/mol. The number of nitrogens with one attached hydrogen (secondary N) is 1. The van der Waals surface area contributed by atoms with Crippen molar-refractivity contribution in [2.24, 2.45) is 11.7 Å². The topological polar surface area (TPSA) is 150 Å². The number of amides is 3. The van der Waals surface area contributed by atoms with Gasteiger partial charge in [0.15, 0.2) is 5.78 Å². The molecule has 3 atom stereocenters. The Hall–Kier alpha value is -4.15. The normalized spacial score (nSPS) is 18.0. The van der Waals surface area contributed by atoms with Crippen LogP contribution in [0.5, 0.6) is 11.6 Å². The smallest absolute Gasteiger partial charge is 0.408 e. The Balaban J connectivity index is 1.81. The van der Waals surface area contributed by atoms with E-state index in [0.717, 1.165) is 10.8 Å². The third-order valence-electron chi connectivity index (χ3n) is 6.42. The van der Waals surface area contributed by atoms with Gasteiger partial charge >= 0.3 is 6.09 Å². The zero-order chi connectivity index (χ0) is 30.3. The number of alkyl carbamates (subject to hydrolysis) is 1. The number of carbonyl (C=O) groups is 4. The van der Waals surface area contributed by atoms with E-state index >= 15 is 0 Å². The number of benzene rings is 1. The first-order chi connectivity index (χ1) is 19.3. The van der Waals surface area contributed by atoms with E-state index in [1.54, 1.807) is 46.2 Å². The summed E-state index contributed by atoms with van der Waals surface area (Å²) in [5.41, 5.74) is 4.89. The Morgan fingerprint density at radius 1 is 1.20 bits per heavy atom. The summed E-state index contributed by atoms with van der Waals surface area (Å²) >= 11 is 0. The van der Waals surface area contributed by atoms with Gasteiger partial charge in [-0.3, -0.25) is 14.4 Å². The summed E-state index contributed by atoms with van der Waals surface area (Å²) in [5, 5.41) is 4.18. The highest BCUT2D eigenvalue weighted by atomic mass is 16.6. The maximum atomic E-state index is 13.8. The van der Waals surface area contributed by atoms with Crippen molar-refractivity contribution < 1.29 is 33.4 Å². The second-order valence-electron chi connectivity index (χ2n) is 11.4. The van der Waals surface area contributed by atoms with Gasteiger partial charge in [0.2, 0.25) is 17.7 Å². The van der Waals surface area contributed by atoms with E-state index in [0.29, 0.717) is 11.6 Å². The fraction of sp³-hybridized carbons (Fsp3) is 0.500. The number of ether oxygens (including phenoxy) is 3. The van der Waals surface area contributed by atoms with Crippen LogP contribution >= 0.6 is 0 Å². The summed E-state index contributed by atoms with van der Waals surface area (Å²) in [7, 11) is 1.58. The number of allylic oxidation sites excluding steroid dienone is 2. The fourth-order valence-corrected chi connectivity index (χ4v) is 4.48. The molecule has 11 nitrogen and oxygen atoms in total. The number of pyridine rings is 1. The number of nitrogens with zero attached hydrogens (tertiary/aromatic N) is 2. The Bertz CT molecular complexity index is 1300. The lowest BCUT2D eigenvalue weighted by molar-refractivity contribution is -0.139. The minimum absolute atomic E-state index is 0.00776. The first kappa shape index (κ1) is 31.4. The van der Waals surface area contributed by atoms with E-state index in [1.807, 2.05) is 32.0 Å². The number of carbonyl (C=O) groups excluding carboxylic acids is 4. The summed E-state index contributed by atoms with van der Waals surface area (Å²) in [6, 6.07) is 5.20. The predicted molar refractivity (Wildman–Crippen MR) is 153 cm³/mol. The molecule has 1 aromatic carbocycles. The van der Waals surface area contributed by atoms with E-state index in [9.17, 15) is 19.2 Å². The van der Waals surface area contributed by atoms with Gasteiger partial charge in [0.1, 0.15) is 29.5 Å². The number of rotatable bonds is 11. The molecule has 0 radical (unpaired) electrons. The zero-order valence-electron chi connectivity index (χ0n) is 24.5. The SMILES string of the molecule is COc1ccc2c(O[C@@H]3C[C@@H](C(N)=O)N(C(=O)[C@H](CCC(=O)/C=C/C(C)C)NC(=O)OC(C)(C)C)C3)nccc2c1. The van der Waals surface area contributed by atoms with Crippen LogP contribution < -0.4 is 20.5 Å². The van der Waals surface area contributed by atoms with Gasteiger partial charge < -0.3 is 30.2 Å². The summed E-state index contributed by atoms with van der Waals surface area (Å²) in [5.74, 6) is -0.224. The number of aromatic nitrogens is 1. The van der Waals surface area contributed by atoms with E-state index in [1.165, 1.54) is 11.0 Å². The monoisotopic (exact) mass is 568 g/mol. The lowest BCUT2D eigenvalue weighted by Gasteiger charge is -2.28.